The van der Waals surface area contributed by atoms with Crippen molar-refractivity contribution >= 4 is 9.84 Å². The summed E-state index contributed by atoms with van der Waals surface area (Å²) in [6.07, 6.45) is 6.13. The third-order valence-corrected chi connectivity index (χ3v) is 9.04. The summed E-state index contributed by atoms with van der Waals surface area (Å²) in [6.45, 7) is 4.29. The molecule has 2 bridgehead atoms. The zero-order valence-electron chi connectivity index (χ0n) is 21.1. The molecule has 0 amide bonds. The molecule has 3 heterocycles. The summed E-state index contributed by atoms with van der Waals surface area (Å²) in [5.41, 5.74) is 0.626. The van der Waals surface area contributed by atoms with E-state index in [-0.39, 0.29) is 34.8 Å². The highest BCUT2D eigenvalue weighted by molar-refractivity contribution is 7.90. The van der Waals surface area contributed by atoms with E-state index in [4.69, 9.17) is 4.98 Å². The molecule has 1 unspecified atom stereocenters. The van der Waals surface area contributed by atoms with Crippen LogP contribution in [0.4, 0.5) is 8.78 Å². The fourth-order valence-electron chi connectivity index (χ4n) is 6.16. The van der Waals surface area contributed by atoms with E-state index < -0.39 is 26.9 Å². The first-order valence-corrected chi connectivity index (χ1v) is 14.3. The van der Waals surface area contributed by atoms with Crippen LogP contribution < -0.4 is 0 Å². The molecule has 0 aliphatic heterocycles. The van der Waals surface area contributed by atoms with Gasteiger partial charge in [0.2, 0.25) is 0 Å². The van der Waals surface area contributed by atoms with Crippen molar-refractivity contribution in [2.24, 2.45) is 5.41 Å². The number of benzene rings is 1. The molecule has 9 nitrogen and oxygen atoms in total. The van der Waals surface area contributed by atoms with Crippen LogP contribution in [0.2, 0.25) is 0 Å². The Bertz CT molecular complexity index is 1670. The average Bonchev–Trinajstić information content (AvgIpc) is 3.50. The van der Waals surface area contributed by atoms with Gasteiger partial charge in [-0.1, -0.05) is 19.9 Å². The molecule has 4 aromatic rings. The lowest BCUT2D eigenvalue weighted by atomic mass is 9.68. The Morgan fingerprint density at radius 3 is 2.61 bits per heavy atom. The fourth-order valence-corrected chi connectivity index (χ4v) is 6.72. The molecule has 1 fully saturated rings. The van der Waals surface area contributed by atoms with Crippen LogP contribution in [0.1, 0.15) is 55.5 Å². The lowest BCUT2D eigenvalue weighted by Crippen LogP contribution is -2.39. The van der Waals surface area contributed by atoms with Crippen molar-refractivity contribution in [3.05, 3.63) is 77.4 Å². The van der Waals surface area contributed by atoms with Gasteiger partial charge in [-0.05, 0) is 47.9 Å². The van der Waals surface area contributed by atoms with E-state index in [2.05, 4.69) is 39.1 Å². The lowest BCUT2D eigenvalue weighted by molar-refractivity contribution is 0.237. The molecule has 0 spiro atoms. The first-order valence-electron chi connectivity index (χ1n) is 12.3. The SMILES string of the molecule is CC1(C)C2CC[C@]1(c1nccc(-n3cnc(CCS(C)(=O)=O)n3)n1)c1nnc(-c3c(F)cccc3F)cc12. The van der Waals surface area contributed by atoms with E-state index in [0.717, 1.165) is 24.1 Å². The van der Waals surface area contributed by atoms with Crippen LogP contribution in [0.5, 0.6) is 0 Å². The number of sulfone groups is 1. The minimum absolute atomic E-state index is 0.0427. The van der Waals surface area contributed by atoms with Gasteiger partial charge in [0.25, 0.3) is 0 Å². The standard InChI is InChI=1S/C26H25F2N7O2S/c1-25(2)16-7-10-26(25,23-15(16)13-19(32-33-23)22-17(27)5-4-6-18(22)28)24-29-11-8-21(31-24)35-14-30-20(34-35)9-12-38(3,36)37/h4-6,8,11,13-14,16H,7,9-10,12H2,1-3H3/t16?,26-/m1/s1. The fraction of sp³-hybridized carbons (Fsp3) is 0.385. The molecule has 3 aromatic heterocycles. The molecule has 196 valence electrons. The molecule has 2 aliphatic rings. The van der Waals surface area contributed by atoms with Gasteiger partial charge in [0, 0.05) is 24.9 Å². The quantitative estimate of drug-likeness (QED) is 0.366. The summed E-state index contributed by atoms with van der Waals surface area (Å²) in [5.74, 6) is 0.135. The van der Waals surface area contributed by atoms with Crippen LogP contribution in [0.15, 0.2) is 42.9 Å². The number of rotatable bonds is 6. The molecular formula is C26H25F2N7O2S. The van der Waals surface area contributed by atoms with Crippen molar-refractivity contribution in [1.29, 1.82) is 0 Å². The highest BCUT2D eigenvalue weighted by Gasteiger charge is 2.66. The van der Waals surface area contributed by atoms with E-state index in [1.165, 1.54) is 35.5 Å². The van der Waals surface area contributed by atoms with Crippen LogP contribution in [-0.4, -0.2) is 55.4 Å². The Kier molecular flexibility index (Phi) is 5.46. The molecule has 2 aliphatic carbocycles. The topological polar surface area (TPSA) is 116 Å². The monoisotopic (exact) mass is 537 g/mol. The highest BCUT2D eigenvalue weighted by Crippen LogP contribution is 2.69. The van der Waals surface area contributed by atoms with Gasteiger partial charge < -0.3 is 0 Å². The molecule has 0 saturated heterocycles. The largest absolute Gasteiger partial charge is 0.240 e. The maximum absolute atomic E-state index is 14.5. The maximum atomic E-state index is 14.5. The summed E-state index contributed by atoms with van der Waals surface area (Å²) in [4.78, 5) is 13.7. The van der Waals surface area contributed by atoms with Gasteiger partial charge in [0.1, 0.15) is 33.6 Å². The second-order valence-electron chi connectivity index (χ2n) is 10.6. The first kappa shape index (κ1) is 24.7. The molecule has 0 N–H and O–H groups in total. The van der Waals surface area contributed by atoms with Gasteiger partial charge in [-0.2, -0.15) is 5.10 Å². The van der Waals surface area contributed by atoms with Crippen LogP contribution in [0.3, 0.4) is 0 Å². The molecule has 1 saturated carbocycles. The number of halogens is 2. The molecule has 38 heavy (non-hydrogen) atoms. The Labute approximate surface area is 218 Å². The number of hydrogen-bond acceptors (Lipinski definition) is 8. The number of fused-ring (bicyclic) bond motifs is 5. The van der Waals surface area contributed by atoms with Crippen LogP contribution in [0.25, 0.3) is 17.1 Å². The Hall–Kier alpha value is -3.67. The minimum Gasteiger partial charge on any atom is -0.240 e. The van der Waals surface area contributed by atoms with Crippen LogP contribution >= 0.6 is 0 Å². The van der Waals surface area contributed by atoms with Crippen LogP contribution in [-0.2, 0) is 21.7 Å². The van der Waals surface area contributed by atoms with Gasteiger partial charge in [0.05, 0.1) is 28.1 Å². The summed E-state index contributed by atoms with van der Waals surface area (Å²) in [7, 11) is -3.14. The van der Waals surface area contributed by atoms with E-state index >= 15 is 0 Å². The summed E-state index contributed by atoms with van der Waals surface area (Å²) in [6, 6.07) is 7.21. The number of hydrogen-bond donors (Lipinski definition) is 0. The van der Waals surface area contributed by atoms with Gasteiger partial charge in [-0.3, -0.25) is 0 Å². The minimum atomic E-state index is -3.14. The summed E-state index contributed by atoms with van der Waals surface area (Å²) >= 11 is 0. The van der Waals surface area contributed by atoms with E-state index in [1.54, 1.807) is 18.3 Å². The summed E-state index contributed by atoms with van der Waals surface area (Å²) in [5, 5.41) is 13.2. The van der Waals surface area contributed by atoms with Crippen molar-refractivity contribution in [2.45, 2.75) is 44.4 Å². The maximum Gasteiger partial charge on any atom is 0.158 e. The predicted octanol–water partition coefficient (Wildman–Crippen LogP) is 3.58. The average molecular weight is 538 g/mol. The van der Waals surface area contributed by atoms with Gasteiger partial charge in [-0.25, -0.2) is 36.8 Å². The summed E-state index contributed by atoms with van der Waals surface area (Å²) < 4.78 is 53.5. The number of nitrogens with zero attached hydrogens (tertiary/aromatic N) is 7. The molecule has 0 radical (unpaired) electrons. The third-order valence-electron chi connectivity index (χ3n) is 8.09. The second-order valence-corrected chi connectivity index (χ2v) is 12.8. The molecule has 6 rings (SSSR count). The van der Waals surface area contributed by atoms with Crippen molar-refractivity contribution in [1.82, 2.24) is 34.9 Å². The van der Waals surface area contributed by atoms with Gasteiger partial charge in [-0.15, -0.1) is 10.2 Å². The van der Waals surface area contributed by atoms with E-state index in [0.29, 0.717) is 17.5 Å². The smallest absolute Gasteiger partial charge is 0.158 e. The Morgan fingerprint density at radius 1 is 1.11 bits per heavy atom. The Balaban J connectivity index is 1.41. The highest BCUT2D eigenvalue weighted by atomic mass is 32.2. The lowest BCUT2D eigenvalue weighted by Gasteiger charge is -2.36. The Morgan fingerprint density at radius 2 is 1.87 bits per heavy atom. The molecule has 2 atom stereocenters. The van der Waals surface area contributed by atoms with Gasteiger partial charge in [0.15, 0.2) is 11.6 Å². The van der Waals surface area contributed by atoms with Crippen LogP contribution in [0, 0.1) is 17.0 Å². The zero-order valence-corrected chi connectivity index (χ0v) is 21.9. The van der Waals surface area contributed by atoms with Gasteiger partial charge >= 0.3 is 0 Å². The van der Waals surface area contributed by atoms with Crippen molar-refractivity contribution < 1.29 is 17.2 Å². The van der Waals surface area contributed by atoms with Crippen molar-refractivity contribution in [2.75, 3.05) is 12.0 Å². The molecule has 1 aromatic carbocycles. The number of aryl methyl sites for hydroxylation is 1. The normalized spacial score (nSPS) is 21.6. The van der Waals surface area contributed by atoms with Crippen molar-refractivity contribution in [3.8, 4) is 17.1 Å². The second kappa shape index (κ2) is 8.42. The third kappa shape index (κ3) is 3.64. The molecule has 12 heteroatoms. The first-order chi connectivity index (χ1) is 18.0. The van der Waals surface area contributed by atoms with E-state index in [1.807, 2.05) is 0 Å². The predicted molar refractivity (Wildman–Crippen MR) is 134 cm³/mol. The zero-order chi connectivity index (χ0) is 26.9. The molecular weight excluding hydrogens is 512 g/mol. The number of aromatic nitrogens is 7. The van der Waals surface area contributed by atoms with E-state index in [9.17, 15) is 17.2 Å². The van der Waals surface area contributed by atoms with Crippen molar-refractivity contribution in [3.63, 3.8) is 0 Å².